The molecule has 2 aromatic rings. The van der Waals surface area contributed by atoms with Crippen LogP contribution >= 0.6 is 24.0 Å². The molecule has 1 N–H and O–H groups in total. The Hall–Kier alpha value is -2.16. The Bertz CT molecular complexity index is 780. The number of hydrogen-bond donors (Lipinski definition) is 1. The van der Waals surface area contributed by atoms with Gasteiger partial charge < -0.3 is 24.4 Å². The summed E-state index contributed by atoms with van der Waals surface area (Å²) < 4.78 is 17.5. The van der Waals surface area contributed by atoms with E-state index in [-0.39, 0.29) is 36.2 Å². The van der Waals surface area contributed by atoms with Crippen molar-refractivity contribution >= 4 is 29.9 Å². The van der Waals surface area contributed by atoms with Gasteiger partial charge in [-0.05, 0) is 31.2 Å². The number of para-hydroxylation sites is 3. The van der Waals surface area contributed by atoms with Gasteiger partial charge in [0, 0.05) is 33.0 Å². The number of halogens is 1. The molecular formula is C23H32IN3O3. The van der Waals surface area contributed by atoms with Gasteiger partial charge in [-0.15, -0.1) is 24.0 Å². The molecule has 1 unspecified atom stereocenters. The van der Waals surface area contributed by atoms with Crippen molar-refractivity contribution in [2.45, 2.75) is 32.0 Å². The van der Waals surface area contributed by atoms with E-state index in [1.165, 1.54) is 0 Å². The summed E-state index contributed by atoms with van der Waals surface area (Å²) in [5.74, 6) is 3.33. The lowest BCUT2D eigenvalue weighted by molar-refractivity contribution is 0.129. The van der Waals surface area contributed by atoms with Crippen molar-refractivity contribution in [2.24, 2.45) is 4.99 Å². The van der Waals surface area contributed by atoms with Crippen molar-refractivity contribution < 1.29 is 14.2 Å². The molecule has 1 fully saturated rings. The highest BCUT2D eigenvalue weighted by Gasteiger charge is 2.23. The Morgan fingerprint density at radius 1 is 1.07 bits per heavy atom. The summed E-state index contributed by atoms with van der Waals surface area (Å²) in [5, 5.41) is 3.43. The van der Waals surface area contributed by atoms with Crippen LogP contribution in [0.15, 0.2) is 59.6 Å². The number of guanidine groups is 1. The second-order valence-corrected chi connectivity index (χ2v) is 7.12. The average molecular weight is 525 g/mol. The first kappa shape index (κ1) is 24.1. The maximum Gasteiger partial charge on any atom is 0.193 e. The summed E-state index contributed by atoms with van der Waals surface area (Å²) in [6, 6.07) is 17.7. The summed E-state index contributed by atoms with van der Waals surface area (Å²) >= 11 is 0. The van der Waals surface area contributed by atoms with Gasteiger partial charge in [0.25, 0.3) is 0 Å². The SMILES string of the molecule is CN=C(NCC(C)Oc1ccccc1OC)N1CCC(Oc2ccccc2)CC1.I. The molecule has 6 nitrogen and oxygen atoms in total. The number of methoxy groups -OCH3 is 1. The quantitative estimate of drug-likeness (QED) is 0.334. The lowest BCUT2D eigenvalue weighted by Crippen LogP contribution is -2.49. The molecule has 0 bridgehead atoms. The third kappa shape index (κ3) is 6.97. The molecular weight excluding hydrogens is 493 g/mol. The third-order valence-electron chi connectivity index (χ3n) is 4.94. The minimum Gasteiger partial charge on any atom is -0.493 e. The van der Waals surface area contributed by atoms with Gasteiger partial charge in [0.05, 0.1) is 13.7 Å². The zero-order valence-corrected chi connectivity index (χ0v) is 20.2. The van der Waals surface area contributed by atoms with Crippen LogP contribution in [0.5, 0.6) is 17.2 Å². The standard InChI is InChI=1S/C23H31N3O3.HI/c1-18(28-22-12-8-7-11-21(22)27-3)17-25-23(24-2)26-15-13-20(14-16-26)29-19-9-5-4-6-10-19;/h4-12,18,20H,13-17H2,1-3H3,(H,24,25);1H. The summed E-state index contributed by atoms with van der Waals surface area (Å²) in [4.78, 5) is 6.72. The largest absolute Gasteiger partial charge is 0.493 e. The van der Waals surface area contributed by atoms with Crippen LogP contribution in [0.3, 0.4) is 0 Å². The highest BCUT2D eigenvalue weighted by molar-refractivity contribution is 14.0. The number of piperidine rings is 1. The number of aliphatic imine (C=N–C) groups is 1. The van der Waals surface area contributed by atoms with E-state index in [4.69, 9.17) is 14.2 Å². The predicted octanol–water partition coefficient (Wildman–Crippen LogP) is 4.20. The minimum absolute atomic E-state index is 0. The van der Waals surface area contributed by atoms with Gasteiger partial charge in [0.2, 0.25) is 0 Å². The van der Waals surface area contributed by atoms with Crippen molar-refractivity contribution in [1.29, 1.82) is 0 Å². The third-order valence-corrected chi connectivity index (χ3v) is 4.94. The summed E-state index contributed by atoms with van der Waals surface area (Å²) in [7, 11) is 3.47. The van der Waals surface area contributed by atoms with Crippen LogP contribution in [-0.2, 0) is 0 Å². The van der Waals surface area contributed by atoms with Gasteiger partial charge in [-0.2, -0.15) is 0 Å². The van der Waals surface area contributed by atoms with Crippen molar-refractivity contribution in [1.82, 2.24) is 10.2 Å². The summed E-state index contributed by atoms with van der Waals surface area (Å²) in [5.41, 5.74) is 0. The smallest absolute Gasteiger partial charge is 0.193 e. The normalized spacial score (nSPS) is 15.7. The van der Waals surface area contributed by atoms with E-state index < -0.39 is 0 Å². The van der Waals surface area contributed by atoms with Crippen molar-refractivity contribution in [2.75, 3.05) is 33.8 Å². The number of nitrogens with one attached hydrogen (secondary N) is 1. The van der Waals surface area contributed by atoms with Gasteiger partial charge >= 0.3 is 0 Å². The van der Waals surface area contributed by atoms with Crippen molar-refractivity contribution in [3.63, 3.8) is 0 Å². The van der Waals surface area contributed by atoms with Gasteiger partial charge in [-0.25, -0.2) is 0 Å². The highest BCUT2D eigenvalue weighted by atomic mass is 127. The molecule has 7 heteroatoms. The Balaban J connectivity index is 0.00000320. The first-order valence-electron chi connectivity index (χ1n) is 10.2. The van der Waals surface area contributed by atoms with Crippen LogP contribution in [-0.4, -0.2) is 56.9 Å². The van der Waals surface area contributed by atoms with E-state index in [1.54, 1.807) is 7.11 Å². The zero-order valence-electron chi connectivity index (χ0n) is 17.9. The van der Waals surface area contributed by atoms with Crippen LogP contribution in [0.2, 0.25) is 0 Å². The summed E-state index contributed by atoms with van der Waals surface area (Å²) in [6.45, 7) is 4.52. The maximum atomic E-state index is 6.08. The molecule has 0 aliphatic carbocycles. The summed E-state index contributed by atoms with van der Waals surface area (Å²) in [6.07, 6.45) is 2.17. The Morgan fingerprint density at radius 2 is 1.70 bits per heavy atom. The number of rotatable bonds is 7. The van der Waals surface area contributed by atoms with E-state index in [9.17, 15) is 0 Å². The molecule has 164 valence electrons. The molecule has 1 heterocycles. The van der Waals surface area contributed by atoms with E-state index >= 15 is 0 Å². The molecule has 0 spiro atoms. The number of ether oxygens (including phenoxy) is 3. The number of nitrogens with zero attached hydrogens (tertiary/aromatic N) is 2. The van der Waals surface area contributed by atoms with Crippen LogP contribution in [0.4, 0.5) is 0 Å². The first-order valence-corrected chi connectivity index (χ1v) is 10.2. The van der Waals surface area contributed by atoms with Crippen LogP contribution in [0, 0.1) is 0 Å². The van der Waals surface area contributed by atoms with Gasteiger partial charge in [-0.1, -0.05) is 30.3 Å². The highest BCUT2D eigenvalue weighted by Crippen LogP contribution is 2.26. The molecule has 1 saturated heterocycles. The second-order valence-electron chi connectivity index (χ2n) is 7.12. The van der Waals surface area contributed by atoms with Crippen LogP contribution in [0.25, 0.3) is 0 Å². The molecule has 1 atom stereocenters. The van der Waals surface area contributed by atoms with E-state index in [0.717, 1.165) is 49.1 Å². The molecule has 3 rings (SSSR count). The monoisotopic (exact) mass is 525 g/mol. The Morgan fingerprint density at radius 3 is 2.33 bits per heavy atom. The van der Waals surface area contributed by atoms with Gasteiger partial charge in [-0.3, -0.25) is 4.99 Å². The Labute approximate surface area is 196 Å². The Kier molecular flexibility index (Phi) is 10.1. The number of likely N-dealkylation sites (tertiary alicyclic amines) is 1. The van der Waals surface area contributed by atoms with Crippen LogP contribution in [0.1, 0.15) is 19.8 Å². The lowest BCUT2D eigenvalue weighted by atomic mass is 10.1. The fourth-order valence-electron chi connectivity index (χ4n) is 3.42. The molecule has 30 heavy (non-hydrogen) atoms. The fourth-order valence-corrected chi connectivity index (χ4v) is 3.42. The molecule has 2 aromatic carbocycles. The minimum atomic E-state index is -0.0259. The fraction of sp³-hybridized carbons (Fsp3) is 0.435. The molecule has 1 aliphatic rings. The van der Waals surface area contributed by atoms with Gasteiger partial charge in [0.15, 0.2) is 17.5 Å². The predicted molar refractivity (Wildman–Crippen MR) is 132 cm³/mol. The van der Waals surface area contributed by atoms with E-state index in [1.807, 2.05) is 68.6 Å². The number of benzene rings is 2. The topological polar surface area (TPSA) is 55.3 Å². The van der Waals surface area contributed by atoms with Gasteiger partial charge in [0.1, 0.15) is 18.0 Å². The molecule has 0 radical (unpaired) electrons. The van der Waals surface area contributed by atoms with Crippen molar-refractivity contribution in [3.8, 4) is 17.2 Å². The maximum absolute atomic E-state index is 6.08. The molecule has 0 saturated carbocycles. The zero-order chi connectivity index (χ0) is 20.5. The molecule has 0 amide bonds. The molecule has 1 aliphatic heterocycles. The molecule has 0 aromatic heterocycles. The van der Waals surface area contributed by atoms with Crippen LogP contribution < -0.4 is 19.5 Å². The van der Waals surface area contributed by atoms with E-state index in [0.29, 0.717) is 6.54 Å². The first-order chi connectivity index (χ1) is 14.2. The lowest BCUT2D eigenvalue weighted by Gasteiger charge is -2.34. The van der Waals surface area contributed by atoms with E-state index in [2.05, 4.69) is 15.2 Å². The second kappa shape index (κ2) is 12.5. The van der Waals surface area contributed by atoms with Crippen molar-refractivity contribution in [3.05, 3.63) is 54.6 Å². The average Bonchev–Trinajstić information content (AvgIpc) is 2.76. The number of hydrogen-bond acceptors (Lipinski definition) is 4.